The predicted octanol–water partition coefficient (Wildman–Crippen LogP) is 3.40. The van der Waals surface area contributed by atoms with Crippen molar-refractivity contribution >= 4 is 29.1 Å². The first-order valence-electron chi connectivity index (χ1n) is 8.65. The summed E-state index contributed by atoms with van der Waals surface area (Å²) in [5, 5.41) is 3.18. The van der Waals surface area contributed by atoms with E-state index in [2.05, 4.69) is 5.32 Å². The minimum absolute atomic E-state index is 0.119. The van der Waals surface area contributed by atoms with Crippen molar-refractivity contribution in [3.63, 3.8) is 0 Å². The smallest absolute Gasteiger partial charge is 0.329 e. The van der Waals surface area contributed by atoms with Crippen LogP contribution in [0.1, 0.15) is 19.8 Å². The largest absolute Gasteiger partial charge is 0.406 e. The lowest BCUT2D eigenvalue weighted by atomic mass is 10.1. The van der Waals surface area contributed by atoms with E-state index >= 15 is 0 Å². The average Bonchev–Trinajstić information content (AvgIpc) is 3.38. The Morgan fingerprint density at radius 2 is 1.81 bits per heavy atom. The third-order valence-corrected chi connectivity index (χ3v) is 4.66. The third kappa shape index (κ3) is 7.38. The summed E-state index contributed by atoms with van der Waals surface area (Å²) in [6.07, 6.45) is -2.78. The fourth-order valence-corrected chi connectivity index (χ4v) is 2.97. The van der Waals surface area contributed by atoms with Gasteiger partial charge in [-0.3, -0.25) is 14.5 Å². The van der Waals surface area contributed by atoms with Gasteiger partial charge >= 0.3 is 6.18 Å². The normalized spacial score (nSPS) is 15.5. The first kappa shape index (κ1) is 21.5. The molecule has 0 spiro atoms. The number of anilines is 1. The van der Waals surface area contributed by atoms with Crippen LogP contribution in [0.4, 0.5) is 18.9 Å². The Bertz CT molecular complexity index is 663. The van der Waals surface area contributed by atoms with Crippen LogP contribution >= 0.6 is 11.6 Å². The molecule has 5 nitrogen and oxygen atoms in total. The van der Waals surface area contributed by atoms with E-state index in [1.54, 1.807) is 31.2 Å². The number of nitrogens with zero attached hydrogens (tertiary/aromatic N) is 2. The number of carbonyl (C=O) groups is 2. The highest BCUT2D eigenvalue weighted by Gasteiger charge is 2.40. The molecule has 1 atom stereocenters. The molecule has 2 amide bonds. The van der Waals surface area contributed by atoms with Gasteiger partial charge in [-0.1, -0.05) is 11.6 Å². The summed E-state index contributed by atoms with van der Waals surface area (Å²) in [5.41, 5.74) is 0.546. The second-order valence-corrected chi connectivity index (χ2v) is 7.38. The Morgan fingerprint density at radius 1 is 1.22 bits per heavy atom. The van der Waals surface area contributed by atoms with Crippen molar-refractivity contribution in [2.24, 2.45) is 5.92 Å². The molecular formula is C18H23ClF3N3O2. The van der Waals surface area contributed by atoms with E-state index < -0.39 is 24.7 Å². The first-order chi connectivity index (χ1) is 12.5. The zero-order valence-corrected chi connectivity index (χ0v) is 16.0. The van der Waals surface area contributed by atoms with Gasteiger partial charge in [0.05, 0.1) is 13.1 Å². The van der Waals surface area contributed by atoms with E-state index in [0.29, 0.717) is 10.7 Å². The van der Waals surface area contributed by atoms with Crippen LogP contribution in [-0.2, 0) is 9.59 Å². The lowest BCUT2D eigenvalue weighted by Gasteiger charge is -2.31. The summed E-state index contributed by atoms with van der Waals surface area (Å²) in [6.45, 7) is -0.00390. The van der Waals surface area contributed by atoms with E-state index in [4.69, 9.17) is 11.6 Å². The first-order valence-corrected chi connectivity index (χ1v) is 9.03. The van der Waals surface area contributed by atoms with Gasteiger partial charge in [0.15, 0.2) is 0 Å². The minimum Gasteiger partial charge on any atom is -0.329 e. The Kier molecular flexibility index (Phi) is 7.11. The van der Waals surface area contributed by atoms with Crippen molar-refractivity contribution < 1.29 is 22.8 Å². The molecule has 1 aliphatic carbocycles. The molecule has 9 heteroatoms. The van der Waals surface area contributed by atoms with Crippen molar-refractivity contribution in [3.8, 4) is 0 Å². The van der Waals surface area contributed by atoms with Crippen LogP contribution in [0.2, 0.25) is 5.02 Å². The van der Waals surface area contributed by atoms with Gasteiger partial charge in [0.1, 0.15) is 6.54 Å². The molecule has 1 aromatic carbocycles. The van der Waals surface area contributed by atoms with E-state index in [0.717, 1.165) is 17.7 Å². The molecule has 1 aromatic rings. The van der Waals surface area contributed by atoms with Crippen molar-refractivity contribution in [1.82, 2.24) is 9.80 Å². The molecule has 1 saturated carbocycles. The lowest BCUT2D eigenvalue weighted by Crippen LogP contribution is -2.49. The lowest BCUT2D eigenvalue weighted by molar-refractivity contribution is -0.166. The maximum absolute atomic E-state index is 12.8. The summed E-state index contributed by atoms with van der Waals surface area (Å²) >= 11 is 5.77. The van der Waals surface area contributed by atoms with E-state index in [9.17, 15) is 22.8 Å². The van der Waals surface area contributed by atoms with Gasteiger partial charge in [0.25, 0.3) is 0 Å². The van der Waals surface area contributed by atoms with E-state index in [-0.39, 0.29) is 24.9 Å². The SMILES string of the molecule is C[C@H](C1CC1)N(CC(F)(F)F)C(=O)CN(C)CC(=O)Nc1ccc(Cl)cc1. The topological polar surface area (TPSA) is 52.7 Å². The fourth-order valence-electron chi connectivity index (χ4n) is 2.84. The molecule has 2 rings (SSSR count). The number of halogens is 4. The summed E-state index contributed by atoms with van der Waals surface area (Å²) in [7, 11) is 1.52. The van der Waals surface area contributed by atoms with Gasteiger partial charge in [-0.2, -0.15) is 13.2 Å². The maximum atomic E-state index is 12.8. The second-order valence-electron chi connectivity index (χ2n) is 6.94. The number of benzene rings is 1. The number of hydrogen-bond acceptors (Lipinski definition) is 3. The maximum Gasteiger partial charge on any atom is 0.406 e. The van der Waals surface area contributed by atoms with Gasteiger partial charge < -0.3 is 10.2 Å². The van der Waals surface area contributed by atoms with Crippen molar-refractivity contribution in [2.45, 2.75) is 32.0 Å². The molecule has 0 aliphatic heterocycles. The van der Waals surface area contributed by atoms with E-state index in [1.807, 2.05) is 0 Å². The summed E-state index contributed by atoms with van der Waals surface area (Å²) in [5.74, 6) is -0.881. The molecule has 0 bridgehead atoms. The Balaban J connectivity index is 1.89. The molecule has 0 radical (unpaired) electrons. The fraction of sp³-hybridized carbons (Fsp3) is 0.556. The van der Waals surface area contributed by atoms with Gasteiger partial charge in [0.2, 0.25) is 11.8 Å². The quantitative estimate of drug-likeness (QED) is 0.721. The molecule has 150 valence electrons. The van der Waals surface area contributed by atoms with Gasteiger partial charge in [-0.25, -0.2) is 0 Å². The summed E-state index contributed by atoms with van der Waals surface area (Å²) in [6, 6.07) is 6.05. The summed E-state index contributed by atoms with van der Waals surface area (Å²) < 4.78 is 38.5. The Hall–Kier alpha value is -1.80. The van der Waals surface area contributed by atoms with Crippen molar-refractivity contribution in [1.29, 1.82) is 0 Å². The highest BCUT2D eigenvalue weighted by atomic mass is 35.5. The zero-order valence-electron chi connectivity index (χ0n) is 15.2. The average molecular weight is 406 g/mol. The van der Waals surface area contributed by atoms with Crippen LogP contribution in [0.15, 0.2) is 24.3 Å². The molecular weight excluding hydrogens is 383 g/mol. The van der Waals surface area contributed by atoms with Gasteiger partial charge in [-0.15, -0.1) is 0 Å². The number of hydrogen-bond donors (Lipinski definition) is 1. The standard InChI is InChI=1S/C18H23ClF3N3O2/c1-12(13-3-4-13)25(11-18(20,21)22)17(27)10-24(2)9-16(26)23-15-7-5-14(19)6-8-15/h5-8,12-13H,3-4,9-11H2,1-2H3,(H,23,26)/t12-/m1/s1. The van der Waals surface area contributed by atoms with Crippen molar-refractivity contribution in [2.75, 3.05) is 32.0 Å². The van der Waals surface area contributed by atoms with Gasteiger partial charge in [0, 0.05) is 16.8 Å². The number of likely N-dealkylation sites (N-methyl/N-ethyl adjacent to an activating group) is 1. The molecule has 1 N–H and O–H groups in total. The Morgan fingerprint density at radius 3 is 2.33 bits per heavy atom. The van der Waals surface area contributed by atoms with Crippen LogP contribution in [-0.4, -0.2) is 60.5 Å². The van der Waals surface area contributed by atoms with Crippen LogP contribution in [0.3, 0.4) is 0 Å². The number of carbonyl (C=O) groups excluding carboxylic acids is 2. The van der Waals surface area contributed by atoms with E-state index in [1.165, 1.54) is 11.9 Å². The highest BCUT2D eigenvalue weighted by molar-refractivity contribution is 6.30. The molecule has 1 aliphatic rings. The molecule has 27 heavy (non-hydrogen) atoms. The summed E-state index contributed by atoms with van der Waals surface area (Å²) in [4.78, 5) is 26.7. The predicted molar refractivity (Wildman–Crippen MR) is 97.5 cm³/mol. The van der Waals surface area contributed by atoms with Crippen molar-refractivity contribution in [3.05, 3.63) is 29.3 Å². The molecule has 0 heterocycles. The second kappa shape index (κ2) is 8.93. The monoisotopic (exact) mass is 405 g/mol. The number of alkyl halides is 3. The minimum atomic E-state index is -4.46. The zero-order chi connectivity index (χ0) is 20.2. The molecule has 1 fully saturated rings. The van der Waals surface area contributed by atoms with Crippen LogP contribution in [0, 0.1) is 5.92 Å². The molecule has 0 aromatic heterocycles. The third-order valence-electron chi connectivity index (χ3n) is 4.41. The number of amides is 2. The van der Waals surface area contributed by atoms with Crippen LogP contribution in [0.25, 0.3) is 0 Å². The highest BCUT2D eigenvalue weighted by Crippen LogP contribution is 2.36. The molecule has 0 unspecified atom stereocenters. The molecule has 0 saturated heterocycles. The van der Waals surface area contributed by atoms with Crippen LogP contribution < -0.4 is 5.32 Å². The Labute approximate surface area is 161 Å². The number of rotatable bonds is 8. The van der Waals surface area contributed by atoms with Crippen LogP contribution in [0.5, 0.6) is 0 Å². The number of nitrogens with one attached hydrogen (secondary N) is 1. The van der Waals surface area contributed by atoms with Gasteiger partial charge in [-0.05, 0) is 57.0 Å².